The van der Waals surface area contributed by atoms with Gasteiger partial charge in [-0.25, -0.2) is 9.97 Å². The van der Waals surface area contributed by atoms with Gasteiger partial charge >= 0.3 is 0 Å². The van der Waals surface area contributed by atoms with E-state index in [1.165, 1.54) is 6.33 Å². The molecule has 0 saturated heterocycles. The Balaban J connectivity index is 1.39. The standard InChI is InChI=1S/C21H16N4O3/c26-19(12-25-20(27)16-8-4-5-9-17(16)21(25)28)22-11-15-10-18(24-13-23-15)14-6-2-1-3-7-14/h1-10,13H,11-12H2,(H,22,26). The summed E-state index contributed by atoms with van der Waals surface area (Å²) < 4.78 is 0. The summed E-state index contributed by atoms with van der Waals surface area (Å²) in [6.07, 6.45) is 1.44. The summed E-state index contributed by atoms with van der Waals surface area (Å²) in [6, 6.07) is 18.0. The van der Waals surface area contributed by atoms with Crippen molar-refractivity contribution in [2.45, 2.75) is 6.54 Å². The molecule has 0 spiro atoms. The molecule has 7 nitrogen and oxygen atoms in total. The van der Waals surface area contributed by atoms with Crippen molar-refractivity contribution in [1.82, 2.24) is 20.2 Å². The quantitative estimate of drug-likeness (QED) is 0.692. The molecule has 1 aromatic heterocycles. The van der Waals surface area contributed by atoms with E-state index in [-0.39, 0.29) is 13.1 Å². The molecule has 138 valence electrons. The van der Waals surface area contributed by atoms with E-state index in [4.69, 9.17) is 0 Å². The number of imide groups is 1. The first-order valence-electron chi connectivity index (χ1n) is 8.72. The largest absolute Gasteiger partial charge is 0.349 e. The molecule has 3 amide bonds. The van der Waals surface area contributed by atoms with Crippen molar-refractivity contribution in [1.29, 1.82) is 0 Å². The summed E-state index contributed by atoms with van der Waals surface area (Å²) in [5.74, 6) is -1.34. The Morgan fingerprint density at radius 3 is 2.21 bits per heavy atom. The van der Waals surface area contributed by atoms with E-state index in [1.54, 1.807) is 30.3 Å². The Morgan fingerprint density at radius 1 is 0.893 bits per heavy atom. The predicted octanol–water partition coefficient (Wildman–Crippen LogP) is 2.06. The second-order valence-corrected chi connectivity index (χ2v) is 6.28. The van der Waals surface area contributed by atoms with Crippen LogP contribution >= 0.6 is 0 Å². The zero-order valence-electron chi connectivity index (χ0n) is 14.8. The van der Waals surface area contributed by atoms with Crippen LogP contribution in [0.1, 0.15) is 26.4 Å². The van der Waals surface area contributed by atoms with Gasteiger partial charge in [0.1, 0.15) is 12.9 Å². The third-order valence-corrected chi connectivity index (χ3v) is 4.44. The average molecular weight is 372 g/mol. The zero-order chi connectivity index (χ0) is 19.5. The van der Waals surface area contributed by atoms with Crippen LogP contribution < -0.4 is 5.32 Å². The molecular formula is C21H16N4O3. The number of aromatic nitrogens is 2. The molecule has 0 unspecified atom stereocenters. The molecule has 1 aliphatic heterocycles. The van der Waals surface area contributed by atoms with Gasteiger partial charge in [0, 0.05) is 5.56 Å². The lowest BCUT2D eigenvalue weighted by Gasteiger charge is -2.13. The molecule has 0 atom stereocenters. The second-order valence-electron chi connectivity index (χ2n) is 6.28. The highest BCUT2D eigenvalue weighted by Gasteiger charge is 2.36. The van der Waals surface area contributed by atoms with Gasteiger partial charge in [-0.2, -0.15) is 0 Å². The molecule has 1 N–H and O–H groups in total. The summed E-state index contributed by atoms with van der Waals surface area (Å²) in [7, 11) is 0. The monoisotopic (exact) mass is 372 g/mol. The van der Waals surface area contributed by atoms with E-state index in [0.29, 0.717) is 16.8 Å². The van der Waals surface area contributed by atoms with Gasteiger partial charge in [-0.3, -0.25) is 19.3 Å². The summed E-state index contributed by atoms with van der Waals surface area (Å²) in [5, 5.41) is 2.70. The molecule has 7 heteroatoms. The van der Waals surface area contributed by atoms with Crippen molar-refractivity contribution in [3.63, 3.8) is 0 Å². The maximum absolute atomic E-state index is 12.3. The Hall–Kier alpha value is -3.87. The minimum atomic E-state index is -0.454. The van der Waals surface area contributed by atoms with Crippen LogP contribution in [0.15, 0.2) is 67.0 Å². The number of carbonyl (C=O) groups is 3. The number of hydrogen-bond acceptors (Lipinski definition) is 5. The molecule has 28 heavy (non-hydrogen) atoms. The van der Waals surface area contributed by atoms with Crippen molar-refractivity contribution >= 4 is 17.7 Å². The maximum atomic E-state index is 12.3. The lowest BCUT2D eigenvalue weighted by molar-refractivity contribution is -0.121. The Morgan fingerprint density at radius 2 is 1.54 bits per heavy atom. The topological polar surface area (TPSA) is 92.3 Å². The number of benzene rings is 2. The Bertz CT molecular complexity index is 1030. The smallest absolute Gasteiger partial charge is 0.262 e. The number of nitrogens with one attached hydrogen (secondary N) is 1. The SMILES string of the molecule is O=C(CN1C(=O)c2ccccc2C1=O)NCc1cc(-c2ccccc2)ncn1. The van der Waals surface area contributed by atoms with Gasteiger partial charge in [0.2, 0.25) is 5.91 Å². The number of carbonyl (C=O) groups excluding carboxylic acids is 3. The van der Waals surface area contributed by atoms with Gasteiger partial charge in [0.25, 0.3) is 11.8 Å². The van der Waals surface area contributed by atoms with Crippen molar-refractivity contribution < 1.29 is 14.4 Å². The highest BCUT2D eigenvalue weighted by atomic mass is 16.2. The van der Waals surface area contributed by atoms with E-state index in [1.807, 2.05) is 30.3 Å². The first kappa shape index (κ1) is 17.5. The van der Waals surface area contributed by atoms with Crippen molar-refractivity contribution in [2.75, 3.05) is 6.54 Å². The fraction of sp³-hybridized carbons (Fsp3) is 0.0952. The van der Waals surface area contributed by atoms with Crippen LogP contribution in [-0.4, -0.2) is 39.1 Å². The van der Waals surface area contributed by atoms with Gasteiger partial charge in [-0.15, -0.1) is 0 Å². The van der Waals surface area contributed by atoms with E-state index in [0.717, 1.165) is 16.2 Å². The minimum Gasteiger partial charge on any atom is -0.349 e. The predicted molar refractivity (Wildman–Crippen MR) is 101 cm³/mol. The summed E-state index contributed by atoms with van der Waals surface area (Å²) in [6.45, 7) is -0.159. The lowest BCUT2D eigenvalue weighted by Crippen LogP contribution is -2.40. The van der Waals surface area contributed by atoms with Crippen LogP contribution in [0, 0.1) is 0 Å². The maximum Gasteiger partial charge on any atom is 0.262 e. The number of nitrogens with zero attached hydrogens (tertiary/aromatic N) is 3. The molecule has 4 rings (SSSR count). The molecule has 0 saturated carbocycles. The Labute approximate surface area is 161 Å². The van der Waals surface area contributed by atoms with E-state index in [9.17, 15) is 14.4 Å². The highest BCUT2D eigenvalue weighted by Crippen LogP contribution is 2.22. The van der Waals surface area contributed by atoms with Crippen LogP contribution in [0.25, 0.3) is 11.3 Å². The molecule has 2 aromatic carbocycles. The third-order valence-electron chi connectivity index (χ3n) is 4.44. The summed E-state index contributed by atoms with van der Waals surface area (Å²) in [4.78, 5) is 46.3. The average Bonchev–Trinajstić information content (AvgIpc) is 2.98. The van der Waals surface area contributed by atoms with Gasteiger partial charge in [0.05, 0.1) is 29.1 Å². The van der Waals surface area contributed by atoms with E-state index < -0.39 is 17.7 Å². The fourth-order valence-corrected chi connectivity index (χ4v) is 3.03. The normalized spacial score (nSPS) is 12.8. The van der Waals surface area contributed by atoms with Crippen LogP contribution in [0.4, 0.5) is 0 Å². The van der Waals surface area contributed by atoms with Crippen molar-refractivity contribution in [2.24, 2.45) is 0 Å². The number of rotatable bonds is 5. The van der Waals surface area contributed by atoms with Crippen LogP contribution in [-0.2, 0) is 11.3 Å². The first-order chi connectivity index (χ1) is 13.6. The minimum absolute atomic E-state index is 0.171. The van der Waals surface area contributed by atoms with Gasteiger partial charge in [-0.05, 0) is 18.2 Å². The molecular weight excluding hydrogens is 356 g/mol. The summed E-state index contributed by atoms with van der Waals surface area (Å²) in [5.41, 5.74) is 2.97. The summed E-state index contributed by atoms with van der Waals surface area (Å²) >= 11 is 0. The second kappa shape index (κ2) is 7.40. The van der Waals surface area contributed by atoms with Crippen molar-refractivity contribution in [3.8, 4) is 11.3 Å². The van der Waals surface area contributed by atoms with Gasteiger partial charge in [-0.1, -0.05) is 42.5 Å². The highest BCUT2D eigenvalue weighted by molar-refractivity contribution is 6.22. The number of amides is 3. The van der Waals surface area contributed by atoms with Gasteiger partial charge < -0.3 is 5.32 Å². The lowest BCUT2D eigenvalue weighted by atomic mass is 10.1. The molecule has 0 bridgehead atoms. The van der Waals surface area contributed by atoms with Gasteiger partial charge in [0.15, 0.2) is 0 Å². The molecule has 0 fully saturated rings. The van der Waals surface area contributed by atoms with Crippen LogP contribution in [0.5, 0.6) is 0 Å². The third kappa shape index (κ3) is 3.37. The van der Waals surface area contributed by atoms with Crippen LogP contribution in [0.3, 0.4) is 0 Å². The first-order valence-corrected chi connectivity index (χ1v) is 8.72. The molecule has 2 heterocycles. The molecule has 0 radical (unpaired) electrons. The molecule has 0 aliphatic carbocycles. The van der Waals surface area contributed by atoms with Crippen LogP contribution in [0.2, 0.25) is 0 Å². The zero-order valence-corrected chi connectivity index (χ0v) is 14.8. The Kier molecular flexibility index (Phi) is 4.63. The fourth-order valence-electron chi connectivity index (χ4n) is 3.03. The molecule has 3 aromatic rings. The molecule has 1 aliphatic rings. The van der Waals surface area contributed by atoms with Crippen molar-refractivity contribution in [3.05, 3.63) is 83.8 Å². The van der Waals surface area contributed by atoms with E-state index >= 15 is 0 Å². The van der Waals surface area contributed by atoms with E-state index in [2.05, 4.69) is 15.3 Å². The number of fused-ring (bicyclic) bond motifs is 1. The number of hydrogen-bond donors (Lipinski definition) is 1.